The molecule has 6 nitrogen and oxygen atoms in total. The summed E-state index contributed by atoms with van der Waals surface area (Å²) in [6.45, 7) is 0.486. The molecule has 0 aliphatic heterocycles. The molecule has 1 atom stereocenters. The number of hydrogen-bond donors (Lipinski definition) is 2. The highest BCUT2D eigenvalue weighted by atomic mass is 16.5. The van der Waals surface area contributed by atoms with Gasteiger partial charge in [0, 0.05) is 12.6 Å². The van der Waals surface area contributed by atoms with Gasteiger partial charge >= 0.3 is 0 Å². The average molecular weight is 291 g/mol. The van der Waals surface area contributed by atoms with Crippen LogP contribution in [0.5, 0.6) is 5.75 Å². The van der Waals surface area contributed by atoms with Gasteiger partial charge in [0.2, 0.25) is 11.8 Å². The van der Waals surface area contributed by atoms with Crippen LogP contribution in [0.2, 0.25) is 0 Å². The Morgan fingerprint density at radius 2 is 1.95 bits per heavy atom. The highest BCUT2D eigenvalue weighted by Crippen LogP contribution is 2.29. The van der Waals surface area contributed by atoms with E-state index < -0.39 is 11.9 Å². The SMILES string of the molecule is COc1ccc(CN(C(=O)C(N)CC(N)=O)C2CC2)cc1. The standard InChI is InChI=1S/C15H21N3O3/c1-21-12-6-2-10(3-7-12)9-18(11-4-5-11)15(20)13(16)8-14(17)19/h2-3,6-7,11,13H,4-5,8-9,16H2,1H3,(H2,17,19). The molecule has 1 aliphatic carbocycles. The van der Waals surface area contributed by atoms with Crippen LogP contribution in [0.1, 0.15) is 24.8 Å². The van der Waals surface area contributed by atoms with Gasteiger partial charge in [-0.2, -0.15) is 0 Å². The molecular weight excluding hydrogens is 270 g/mol. The third-order valence-electron chi connectivity index (χ3n) is 3.52. The van der Waals surface area contributed by atoms with Crippen molar-refractivity contribution in [1.29, 1.82) is 0 Å². The van der Waals surface area contributed by atoms with Crippen molar-refractivity contribution in [3.63, 3.8) is 0 Å². The second-order valence-corrected chi connectivity index (χ2v) is 5.32. The van der Waals surface area contributed by atoms with Crippen molar-refractivity contribution < 1.29 is 14.3 Å². The maximum Gasteiger partial charge on any atom is 0.240 e. The van der Waals surface area contributed by atoms with Crippen LogP contribution < -0.4 is 16.2 Å². The molecule has 114 valence electrons. The fourth-order valence-corrected chi connectivity index (χ4v) is 2.22. The van der Waals surface area contributed by atoms with Crippen molar-refractivity contribution >= 4 is 11.8 Å². The van der Waals surface area contributed by atoms with Crippen molar-refractivity contribution in [1.82, 2.24) is 4.90 Å². The molecule has 0 saturated heterocycles. The molecule has 0 heterocycles. The highest BCUT2D eigenvalue weighted by Gasteiger charge is 2.35. The van der Waals surface area contributed by atoms with Gasteiger partial charge in [-0.15, -0.1) is 0 Å². The number of carbonyl (C=O) groups is 2. The first-order chi connectivity index (χ1) is 10.0. The largest absolute Gasteiger partial charge is 0.497 e. The predicted octanol–water partition coefficient (Wildman–Crippen LogP) is 0.389. The first-order valence-corrected chi connectivity index (χ1v) is 6.98. The van der Waals surface area contributed by atoms with Gasteiger partial charge in [-0.3, -0.25) is 9.59 Å². The molecule has 1 unspecified atom stereocenters. The summed E-state index contributed by atoms with van der Waals surface area (Å²) in [6, 6.07) is 6.91. The maximum atomic E-state index is 12.4. The van der Waals surface area contributed by atoms with Crippen LogP contribution in [0.25, 0.3) is 0 Å². The zero-order valence-electron chi connectivity index (χ0n) is 12.1. The van der Waals surface area contributed by atoms with Gasteiger partial charge in [0.25, 0.3) is 0 Å². The van der Waals surface area contributed by atoms with E-state index in [0.717, 1.165) is 24.2 Å². The molecule has 0 spiro atoms. The van der Waals surface area contributed by atoms with E-state index >= 15 is 0 Å². The molecule has 0 bridgehead atoms. The number of methoxy groups -OCH3 is 1. The minimum Gasteiger partial charge on any atom is -0.497 e. The average Bonchev–Trinajstić information content (AvgIpc) is 3.28. The van der Waals surface area contributed by atoms with E-state index in [1.54, 1.807) is 12.0 Å². The van der Waals surface area contributed by atoms with Crippen molar-refractivity contribution in [2.24, 2.45) is 11.5 Å². The Morgan fingerprint density at radius 3 is 2.43 bits per heavy atom. The Kier molecular flexibility index (Phi) is 4.80. The summed E-state index contributed by atoms with van der Waals surface area (Å²) in [5.41, 5.74) is 11.9. The topological polar surface area (TPSA) is 98.7 Å². The van der Waals surface area contributed by atoms with E-state index in [1.165, 1.54) is 0 Å². The fourth-order valence-electron chi connectivity index (χ4n) is 2.22. The van der Waals surface area contributed by atoms with E-state index in [0.29, 0.717) is 6.54 Å². The van der Waals surface area contributed by atoms with E-state index in [-0.39, 0.29) is 18.4 Å². The van der Waals surface area contributed by atoms with Crippen LogP contribution in [-0.4, -0.2) is 35.9 Å². The molecule has 1 fully saturated rings. The maximum absolute atomic E-state index is 12.4. The van der Waals surface area contributed by atoms with Crippen LogP contribution in [0.15, 0.2) is 24.3 Å². The highest BCUT2D eigenvalue weighted by molar-refractivity contribution is 5.87. The molecule has 6 heteroatoms. The summed E-state index contributed by atoms with van der Waals surface area (Å²) in [5.74, 6) is -0.00311. The van der Waals surface area contributed by atoms with Gasteiger partial charge in [0.05, 0.1) is 19.6 Å². The summed E-state index contributed by atoms with van der Waals surface area (Å²) in [5, 5.41) is 0. The van der Waals surface area contributed by atoms with E-state index in [9.17, 15) is 9.59 Å². The van der Waals surface area contributed by atoms with E-state index in [4.69, 9.17) is 16.2 Å². The second kappa shape index (κ2) is 6.58. The molecule has 4 N–H and O–H groups in total. The lowest BCUT2D eigenvalue weighted by atomic mass is 10.1. The lowest BCUT2D eigenvalue weighted by Gasteiger charge is -2.25. The normalized spacial score (nSPS) is 15.3. The van der Waals surface area contributed by atoms with Crippen molar-refractivity contribution in [3.05, 3.63) is 29.8 Å². The Balaban J connectivity index is 2.04. The number of hydrogen-bond acceptors (Lipinski definition) is 4. The number of nitrogens with zero attached hydrogens (tertiary/aromatic N) is 1. The van der Waals surface area contributed by atoms with Gasteiger partial charge in [0.15, 0.2) is 0 Å². The minimum atomic E-state index is -0.860. The zero-order chi connectivity index (χ0) is 15.4. The molecule has 2 amide bonds. The summed E-state index contributed by atoms with van der Waals surface area (Å²) in [4.78, 5) is 25.0. The smallest absolute Gasteiger partial charge is 0.240 e. The quantitative estimate of drug-likeness (QED) is 0.759. The number of nitrogens with two attached hydrogens (primary N) is 2. The predicted molar refractivity (Wildman–Crippen MR) is 78.4 cm³/mol. The Hall–Kier alpha value is -2.08. The third-order valence-corrected chi connectivity index (χ3v) is 3.52. The van der Waals surface area contributed by atoms with Gasteiger partial charge in [0.1, 0.15) is 5.75 Å². The molecule has 1 aliphatic rings. The van der Waals surface area contributed by atoms with Crippen LogP contribution >= 0.6 is 0 Å². The van der Waals surface area contributed by atoms with Crippen LogP contribution in [0.4, 0.5) is 0 Å². The molecule has 21 heavy (non-hydrogen) atoms. The number of primary amides is 1. The van der Waals surface area contributed by atoms with Gasteiger partial charge in [-0.05, 0) is 30.5 Å². The lowest BCUT2D eigenvalue weighted by molar-refractivity contribution is -0.135. The molecular formula is C15H21N3O3. The Bertz CT molecular complexity index is 511. The van der Waals surface area contributed by atoms with Crippen molar-refractivity contribution in [2.45, 2.75) is 37.9 Å². The molecule has 0 radical (unpaired) electrons. The zero-order valence-corrected chi connectivity index (χ0v) is 12.1. The van der Waals surface area contributed by atoms with Crippen LogP contribution in [-0.2, 0) is 16.1 Å². The summed E-state index contributed by atoms with van der Waals surface area (Å²) in [7, 11) is 1.61. The number of ether oxygens (including phenoxy) is 1. The lowest BCUT2D eigenvalue weighted by Crippen LogP contribution is -2.46. The number of carbonyl (C=O) groups excluding carboxylic acids is 2. The molecule has 1 aromatic rings. The number of rotatable bonds is 7. The first kappa shape index (κ1) is 15.3. The molecule has 1 aromatic carbocycles. The van der Waals surface area contributed by atoms with Crippen molar-refractivity contribution in [3.8, 4) is 5.75 Å². The monoisotopic (exact) mass is 291 g/mol. The second-order valence-electron chi connectivity index (χ2n) is 5.32. The summed E-state index contributed by atoms with van der Waals surface area (Å²) < 4.78 is 5.11. The molecule has 1 saturated carbocycles. The van der Waals surface area contributed by atoms with Gasteiger partial charge < -0.3 is 21.1 Å². The summed E-state index contributed by atoms with van der Waals surface area (Å²) >= 11 is 0. The fraction of sp³-hybridized carbons (Fsp3) is 0.467. The Labute approximate surface area is 124 Å². The third kappa shape index (κ3) is 4.19. The minimum absolute atomic E-state index is 0.120. The van der Waals surface area contributed by atoms with Crippen LogP contribution in [0.3, 0.4) is 0 Å². The van der Waals surface area contributed by atoms with Crippen molar-refractivity contribution in [2.75, 3.05) is 7.11 Å². The van der Waals surface area contributed by atoms with Gasteiger partial charge in [-0.25, -0.2) is 0 Å². The first-order valence-electron chi connectivity index (χ1n) is 6.98. The number of benzene rings is 1. The van der Waals surface area contributed by atoms with E-state index in [1.807, 2.05) is 24.3 Å². The molecule has 0 aromatic heterocycles. The molecule has 2 rings (SSSR count). The number of amides is 2. The van der Waals surface area contributed by atoms with E-state index in [2.05, 4.69) is 0 Å². The van der Waals surface area contributed by atoms with Gasteiger partial charge in [-0.1, -0.05) is 12.1 Å². The Morgan fingerprint density at radius 1 is 1.33 bits per heavy atom. The summed E-state index contributed by atoms with van der Waals surface area (Å²) in [6.07, 6.45) is 1.83. The van der Waals surface area contributed by atoms with Crippen LogP contribution in [0, 0.1) is 0 Å².